The number of nitrogens with zero attached hydrogens (tertiary/aromatic N) is 2. The van der Waals surface area contributed by atoms with Crippen LogP contribution in [0.15, 0.2) is 41.3 Å². The number of hydrogen-bond donors (Lipinski definition) is 0. The smallest absolute Gasteiger partial charge is 0.265 e. The minimum Gasteiger partial charge on any atom is -0.338 e. The van der Waals surface area contributed by atoms with Gasteiger partial charge in [-0.15, -0.1) is 0 Å². The van der Waals surface area contributed by atoms with Gasteiger partial charge in [-0.05, 0) is 47.6 Å². The van der Waals surface area contributed by atoms with E-state index in [9.17, 15) is 13.2 Å². The molecule has 6 heteroatoms. The highest BCUT2D eigenvalue weighted by molar-refractivity contribution is 7.93. The third-order valence-corrected chi connectivity index (χ3v) is 8.50. The van der Waals surface area contributed by atoms with Crippen molar-refractivity contribution >= 4 is 32.4 Å². The number of likely N-dealkylation sites (tertiary alicyclic amines) is 1. The second-order valence-corrected chi connectivity index (χ2v) is 11.7. The largest absolute Gasteiger partial charge is 0.338 e. The van der Waals surface area contributed by atoms with E-state index < -0.39 is 10.0 Å². The molecule has 1 aliphatic carbocycles. The van der Waals surface area contributed by atoms with Crippen LogP contribution in [0.2, 0.25) is 0 Å². The Kier molecular flexibility index (Phi) is 3.53. The Hall–Kier alpha value is -2.08. The van der Waals surface area contributed by atoms with Crippen LogP contribution in [0.1, 0.15) is 40.0 Å². The van der Waals surface area contributed by atoms with E-state index in [2.05, 4.69) is 20.8 Å². The van der Waals surface area contributed by atoms with Crippen LogP contribution in [-0.4, -0.2) is 38.4 Å². The van der Waals surface area contributed by atoms with Crippen LogP contribution in [0.4, 0.5) is 5.69 Å². The molecule has 5 nitrogen and oxygen atoms in total. The number of carbonyl (C=O) groups is 1. The Morgan fingerprint density at radius 1 is 1.11 bits per heavy atom. The summed E-state index contributed by atoms with van der Waals surface area (Å²) in [5.41, 5.74) is 0.971. The van der Waals surface area contributed by atoms with Crippen molar-refractivity contribution in [1.82, 2.24) is 4.90 Å². The lowest BCUT2D eigenvalue weighted by molar-refractivity contribution is -0.130. The fourth-order valence-corrected chi connectivity index (χ4v) is 7.75. The van der Waals surface area contributed by atoms with Gasteiger partial charge in [-0.1, -0.05) is 45.0 Å². The fraction of sp³-hybridized carbons (Fsp3) is 0.500. The molecule has 2 aliphatic heterocycles. The molecule has 0 N–H and O–H groups in total. The Balaban J connectivity index is 1.48. The molecule has 2 bridgehead atoms. The van der Waals surface area contributed by atoms with Crippen molar-refractivity contribution in [1.29, 1.82) is 0 Å². The van der Waals surface area contributed by atoms with Gasteiger partial charge in [0.25, 0.3) is 10.0 Å². The number of fused-ring (bicyclic) bond motifs is 2. The van der Waals surface area contributed by atoms with Crippen molar-refractivity contribution in [2.45, 2.75) is 51.0 Å². The monoisotopic (exact) mass is 398 g/mol. The van der Waals surface area contributed by atoms with E-state index in [1.165, 1.54) is 4.31 Å². The van der Waals surface area contributed by atoms with Crippen molar-refractivity contribution in [2.75, 3.05) is 17.4 Å². The van der Waals surface area contributed by atoms with E-state index in [1.807, 2.05) is 23.1 Å². The Morgan fingerprint density at radius 3 is 2.57 bits per heavy atom. The van der Waals surface area contributed by atoms with E-state index in [0.29, 0.717) is 10.6 Å². The highest BCUT2D eigenvalue weighted by Crippen LogP contribution is 2.52. The van der Waals surface area contributed by atoms with Crippen LogP contribution in [-0.2, 0) is 14.8 Å². The molecule has 0 unspecified atom stereocenters. The van der Waals surface area contributed by atoms with E-state index in [0.717, 1.165) is 36.6 Å². The number of amides is 1. The van der Waals surface area contributed by atoms with Gasteiger partial charge in [0.1, 0.15) is 6.54 Å². The molecule has 0 aromatic heterocycles. The molecule has 0 radical (unpaired) electrons. The maximum absolute atomic E-state index is 13.3. The SMILES string of the molecule is CC1(C)C[C@H]2C[C@](C)(CN2C(=O)CN2c3cccc4cccc(c34)S2(=O)=O)C1. The summed E-state index contributed by atoms with van der Waals surface area (Å²) < 4.78 is 27.6. The normalized spacial score (nSPS) is 29.5. The summed E-state index contributed by atoms with van der Waals surface area (Å²) in [6, 6.07) is 11.1. The Morgan fingerprint density at radius 2 is 1.82 bits per heavy atom. The molecule has 2 aromatic rings. The first-order chi connectivity index (χ1) is 13.1. The van der Waals surface area contributed by atoms with Crippen molar-refractivity contribution in [3.05, 3.63) is 36.4 Å². The maximum Gasteiger partial charge on any atom is 0.265 e. The maximum atomic E-state index is 13.3. The highest BCUT2D eigenvalue weighted by atomic mass is 32.2. The van der Waals surface area contributed by atoms with Gasteiger partial charge in [0.05, 0.1) is 10.6 Å². The third kappa shape index (κ3) is 2.50. The van der Waals surface area contributed by atoms with E-state index in [4.69, 9.17) is 0 Å². The highest BCUT2D eigenvalue weighted by Gasteiger charge is 2.51. The van der Waals surface area contributed by atoms with Crippen LogP contribution in [0, 0.1) is 10.8 Å². The number of hydrogen-bond acceptors (Lipinski definition) is 3. The molecule has 5 rings (SSSR count). The van der Waals surface area contributed by atoms with E-state index >= 15 is 0 Å². The minimum absolute atomic E-state index is 0.0835. The van der Waals surface area contributed by atoms with Gasteiger partial charge in [-0.2, -0.15) is 0 Å². The lowest BCUT2D eigenvalue weighted by Crippen LogP contribution is -2.44. The van der Waals surface area contributed by atoms with Gasteiger partial charge in [-0.25, -0.2) is 8.42 Å². The second kappa shape index (κ2) is 5.50. The second-order valence-electron chi connectivity index (χ2n) is 9.88. The quantitative estimate of drug-likeness (QED) is 0.774. The number of benzene rings is 2. The zero-order chi connectivity index (χ0) is 19.9. The molecule has 0 spiro atoms. The number of anilines is 1. The minimum atomic E-state index is -3.70. The average Bonchev–Trinajstić information content (AvgIpc) is 2.98. The molecule has 1 saturated heterocycles. The molecule has 148 valence electrons. The molecule has 1 amide bonds. The average molecular weight is 399 g/mol. The molecule has 28 heavy (non-hydrogen) atoms. The first kappa shape index (κ1) is 18.0. The summed E-state index contributed by atoms with van der Waals surface area (Å²) >= 11 is 0. The van der Waals surface area contributed by atoms with Gasteiger partial charge >= 0.3 is 0 Å². The number of carbonyl (C=O) groups excluding carboxylic acids is 1. The summed E-state index contributed by atoms with van der Waals surface area (Å²) in [5, 5.41) is 1.62. The van der Waals surface area contributed by atoms with Crippen molar-refractivity contribution < 1.29 is 13.2 Å². The van der Waals surface area contributed by atoms with Crippen LogP contribution in [0.3, 0.4) is 0 Å². The summed E-state index contributed by atoms with van der Waals surface area (Å²) in [6.07, 6.45) is 3.11. The first-order valence-corrected chi connectivity index (χ1v) is 11.4. The Labute approximate surface area is 166 Å². The molecule has 2 fully saturated rings. The molecule has 1 saturated carbocycles. The van der Waals surface area contributed by atoms with Crippen LogP contribution >= 0.6 is 0 Å². The lowest BCUT2D eigenvalue weighted by Gasteiger charge is -2.39. The third-order valence-electron chi connectivity index (χ3n) is 6.70. The van der Waals surface area contributed by atoms with Gasteiger partial charge < -0.3 is 4.90 Å². The van der Waals surface area contributed by atoms with Crippen molar-refractivity contribution in [3.63, 3.8) is 0 Å². The predicted molar refractivity (Wildman–Crippen MR) is 110 cm³/mol. The summed E-state index contributed by atoms with van der Waals surface area (Å²) in [7, 11) is -3.70. The molecular formula is C22H26N2O3S. The van der Waals surface area contributed by atoms with Gasteiger partial charge in [0, 0.05) is 18.0 Å². The molecular weight excluding hydrogens is 372 g/mol. The molecule has 2 aromatic carbocycles. The number of sulfonamides is 1. The van der Waals surface area contributed by atoms with Gasteiger partial charge in [0.2, 0.25) is 5.91 Å². The predicted octanol–water partition coefficient (Wildman–Crippen LogP) is 3.78. The van der Waals surface area contributed by atoms with Crippen LogP contribution in [0.25, 0.3) is 10.8 Å². The fourth-order valence-electron chi connectivity index (χ4n) is 6.09. The molecule has 2 heterocycles. The topological polar surface area (TPSA) is 57.7 Å². The van der Waals surface area contributed by atoms with E-state index in [1.54, 1.807) is 18.2 Å². The molecule has 2 atom stereocenters. The van der Waals surface area contributed by atoms with E-state index in [-0.39, 0.29) is 29.3 Å². The first-order valence-electron chi connectivity index (χ1n) is 9.94. The zero-order valence-electron chi connectivity index (χ0n) is 16.6. The van der Waals surface area contributed by atoms with Crippen LogP contribution < -0.4 is 4.31 Å². The molecule has 3 aliphatic rings. The van der Waals surface area contributed by atoms with Crippen LogP contribution in [0.5, 0.6) is 0 Å². The summed E-state index contributed by atoms with van der Waals surface area (Å²) in [4.78, 5) is 15.5. The van der Waals surface area contributed by atoms with Gasteiger partial charge in [0.15, 0.2) is 0 Å². The van der Waals surface area contributed by atoms with Crippen molar-refractivity contribution in [3.8, 4) is 0 Å². The number of rotatable bonds is 2. The summed E-state index contributed by atoms with van der Waals surface area (Å²) in [6.45, 7) is 7.41. The Bertz CT molecular complexity index is 1100. The lowest BCUT2D eigenvalue weighted by atomic mass is 9.65. The summed E-state index contributed by atoms with van der Waals surface area (Å²) in [5.74, 6) is -0.0835. The van der Waals surface area contributed by atoms with Crippen molar-refractivity contribution in [2.24, 2.45) is 10.8 Å². The standard InChI is InChI=1S/C22H26N2O3S/c1-21(2)10-16-11-22(3,13-21)14-23(16)19(25)12-24-17-8-4-6-15-7-5-9-18(20(15)17)28(24,26)27/h4-9,16H,10-14H2,1-3H3/t16-,22-/m0/s1. The zero-order valence-corrected chi connectivity index (χ0v) is 17.4. The van der Waals surface area contributed by atoms with Gasteiger partial charge in [-0.3, -0.25) is 9.10 Å².